The lowest BCUT2D eigenvalue weighted by atomic mass is 10.7. The van der Waals surface area contributed by atoms with Crippen molar-refractivity contribution in [3.8, 4) is 0 Å². The summed E-state index contributed by atoms with van der Waals surface area (Å²) in [4.78, 5) is 3.31. The topological polar surface area (TPSA) is 29.1 Å². The van der Waals surface area contributed by atoms with Crippen LogP contribution in [0.1, 0.15) is 6.92 Å². The molecule has 0 saturated heterocycles. The predicted octanol–water partition coefficient (Wildman–Crippen LogP) is 0.882. The zero-order chi connectivity index (χ0) is 4.28. The third-order valence-electron chi connectivity index (χ3n) is 0.142. The summed E-state index contributed by atoms with van der Waals surface area (Å²) in [6.07, 6.45) is 0. The van der Waals surface area contributed by atoms with Crippen LogP contribution in [0.2, 0.25) is 0 Å². The van der Waals surface area contributed by atoms with Crippen molar-refractivity contribution in [3.05, 3.63) is 12.3 Å². The van der Waals surface area contributed by atoms with Crippen LogP contribution in [-0.4, -0.2) is 0 Å². The van der Waals surface area contributed by atoms with Crippen LogP contribution in [0.15, 0.2) is 12.3 Å². The van der Waals surface area contributed by atoms with E-state index in [2.05, 4.69) is 11.5 Å². The van der Waals surface area contributed by atoms with Gasteiger partial charge in [0, 0.05) is 5.26 Å². The Hall–Kier alpha value is -0.500. The average molecular weight is 73.1 g/mol. The number of hydrogen-bond donors (Lipinski definition) is 0. The first-order chi connectivity index (χ1) is 2.27. The highest BCUT2D eigenvalue weighted by atomic mass is 17.1. The van der Waals surface area contributed by atoms with Gasteiger partial charge in [-0.25, -0.2) is 0 Å². The van der Waals surface area contributed by atoms with Crippen LogP contribution in [0, 0.1) is 0 Å². The molecular formula is C3H5O2. The average Bonchev–Trinajstić information content (AvgIpc) is 1.38. The van der Waals surface area contributed by atoms with Gasteiger partial charge in [0.25, 0.3) is 0 Å². The summed E-state index contributed by atoms with van der Waals surface area (Å²) in [7, 11) is 0. The van der Waals surface area contributed by atoms with Crippen LogP contribution < -0.4 is 0 Å². The molecule has 0 fully saturated rings. The number of rotatable bonds is 1. The van der Waals surface area contributed by atoms with Crippen LogP contribution in [0.3, 0.4) is 0 Å². The third-order valence-corrected chi connectivity index (χ3v) is 0.142. The van der Waals surface area contributed by atoms with Gasteiger partial charge in [0.1, 0.15) is 5.76 Å². The summed E-state index contributed by atoms with van der Waals surface area (Å²) in [6, 6.07) is 0. The van der Waals surface area contributed by atoms with Gasteiger partial charge in [0.2, 0.25) is 0 Å². The quantitative estimate of drug-likeness (QED) is 0.257. The van der Waals surface area contributed by atoms with Gasteiger partial charge in [-0.15, -0.1) is 0 Å². The van der Waals surface area contributed by atoms with Crippen molar-refractivity contribution >= 4 is 0 Å². The lowest BCUT2D eigenvalue weighted by Gasteiger charge is -1.79. The van der Waals surface area contributed by atoms with Crippen LogP contribution >= 0.6 is 0 Å². The van der Waals surface area contributed by atoms with Gasteiger partial charge >= 0.3 is 0 Å². The lowest BCUT2D eigenvalue weighted by molar-refractivity contribution is -0.267. The third kappa shape index (κ3) is 3.50. The second-order valence-electron chi connectivity index (χ2n) is 0.785. The molecule has 0 aliphatic carbocycles. The molecule has 29 valence electrons. The van der Waals surface area contributed by atoms with E-state index in [4.69, 9.17) is 5.26 Å². The first kappa shape index (κ1) is 4.50. The molecule has 0 spiro atoms. The highest BCUT2D eigenvalue weighted by molar-refractivity contribution is 4.69. The van der Waals surface area contributed by atoms with Crippen LogP contribution in [0.4, 0.5) is 0 Å². The van der Waals surface area contributed by atoms with E-state index in [1.54, 1.807) is 0 Å². The van der Waals surface area contributed by atoms with E-state index in [9.17, 15) is 0 Å². The molecule has 0 bridgehead atoms. The minimum absolute atomic E-state index is 0.199. The molecule has 0 heterocycles. The zero-order valence-corrected chi connectivity index (χ0v) is 3.02. The summed E-state index contributed by atoms with van der Waals surface area (Å²) in [5, 5.41) is 9.03. The van der Waals surface area contributed by atoms with Crippen molar-refractivity contribution in [2.45, 2.75) is 6.92 Å². The second-order valence-corrected chi connectivity index (χ2v) is 0.785. The van der Waals surface area contributed by atoms with E-state index < -0.39 is 0 Å². The normalized spacial score (nSPS) is 6.80. The summed E-state index contributed by atoms with van der Waals surface area (Å²) in [6.45, 7) is 4.63. The van der Waals surface area contributed by atoms with Crippen molar-refractivity contribution in [3.63, 3.8) is 0 Å². The predicted molar refractivity (Wildman–Crippen MR) is 16.6 cm³/mol. The maximum absolute atomic E-state index is 9.03. The molecule has 2 nitrogen and oxygen atoms in total. The Morgan fingerprint density at radius 1 is 2.00 bits per heavy atom. The Labute approximate surface area is 30.6 Å². The van der Waals surface area contributed by atoms with Gasteiger partial charge in [0.15, 0.2) is 0 Å². The van der Waals surface area contributed by atoms with Crippen molar-refractivity contribution in [2.24, 2.45) is 0 Å². The summed E-state index contributed by atoms with van der Waals surface area (Å²) < 4.78 is 0. The molecule has 0 unspecified atom stereocenters. The fraction of sp³-hybridized carbons (Fsp3) is 0.333. The maximum atomic E-state index is 9.03. The van der Waals surface area contributed by atoms with Gasteiger partial charge < -0.3 is 4.89 Å². The van der Waals surface area contributed by atoms with Crippen molar-refractivity contribution < 1.29 is 10.1 Å². The van der Waals surface area contributed by atoms with E-state index >= 15 is 0 Å². The molecular weight excluding hydrogens is 68.0 g/mol. The van der Waals surface area contributed by atoms with Crippen LogP contribution in [0.25, 0.3) is 0 Å². The standard InChI is InChI=1S/C3H5O2/c1-3(2)5-4/h1H2,2H3. The molecule has 1 radical (unpaired) electrons. The Balaban J connectivity index is 2.85. The molecule has 0 rings (SSSR count). The maximum Gasteiger partial charge on any atom is 0.135 e. The van der Waals surface area contributed by atoms with E-state index in [0.29, 0.717) is 0 Å². The molecule has 5 heavy (non-hydrogen) atoms. The fourth-order valence-electron chi connectivity index (χ4n) is 0. The first-order valence-corrected chi connectivity index (χ1v) is 1.22. The highest BCUT2D eigenvalue weighted by Crippen LogP contribution is 1.80. The van der Waals surface area contributed by atoms with E-state index in [1.165, 1.54) is 6.92 Å². The molecule has 2 heteroatoms. The summed E-state index contributed by atoms with van der Waals surface area (Å²) >= 11 is 0. The van der Waals surface area contributed by atoms with Gasteiger partial charge in [0.05, 0.1) is 0 Å². The molecule has 0 aromatic carbocycles. The SMILES string of the molecule is C=C(C)O[O]. The van der Waals surface area contributed by atoms with E-state index in [1.807, 2.05) is 0 Å². The monoisotopic (exact) mass is 73.0 g/mol. The van der Waals surface area contributed by atoms with Crippen molar-refractivity contribution in [1.29, 1.82) is 0 Å². The Morgan fingerprint density at radius 3 is 2.20 bits per heavy atom. The van der Waals surface area contributed by atoms with Gasteiger partial charge in [-0.3, -0.25) is 0 Å². The summed E-state index contributed by atoms with van der Waals surface area (Å²) in [5.74, 6) is 0.199. The number of allylic oxidation sites excluding steroid dienone is 1. The molecule has 0 atom stereocenters. The van der Waals surface area contributed by atoms with Gasteiger partial charge in [-0.1, -0.05) is 6.58 Å². The molecule has 0 aliphatic heterocycles. The van der Waals surface area contributed by atoms with Crippen molar-refractivity contribution in [2.75, 3.05) is 0 Å². The van der Waals surface area contributed by atoms with Crippen LogP contribution in [-0.2, 0) is 10.1 Å². The molecule has 0 aliphatic rings. The Morgan fingerprint density at radius 2 is 2.20 bits per heavy atom. The molecule has 0 amide bonds. The smallest absolute Gasteiger partial charge is 0.135 e. The molecule has 0 saturated carbocycles. The van der Waals surface area contributed by atoms with Gasteiger partial charge in [-0.2, -0.15) is 0 Å². The second kappa shape index (κ2) is 1.79. The van der Waals surface area contributed by atoms with Crippen LogP contribution in [0.5, 0.6) is 0 Å². The minimum atomic E-state index is 0.199. The molecule has 0 aromatic rings. The van der Waals surface area contributed by atoms with E-state index in [0.717, 1.165) is 0 Å². The summed E-state index contributed by atoms with van der Waals surface area (Å²) in [5.41, 5.74) is 0. The Kier molecular flexibility index (Phi) is 1.61. The minimum Gasteiger partial charge on any atom is -0.311 e. The molecule has 0 N–H and O–H groups in total. The fourth-order valence-corrected chi connectivity index (χ4v) is 0. The van der Waals surface area contributed by atoms with E-state index in [-0.39, 0.29) is 5.76 Å². The van der Waals surface area contributed by atoms with Crippen molar-refractivity contribution in [1.82, 2.24) is 0 Å². The lowest BCUT2D eigenvalue weighted by Crippen LogP contribution is -1.68. The first-order valence-electron chi connectivity index (χ1n) is 1.22. The number of hydrogen-bond acceptors (Lipinski definition) is 1. The molecule has 0 aromatic heterocycles. The largest absolute Gasteiger partial charge is 0.311 e. The Bertz CT molecular complexity index is 40.2. The highest BCUT2D eigenvalue weighted by Gasteiger charge is 1.71. The van der Waals surface area contributed by atoms with Gasteiger partial charge in [-0.05, 0) is 6.92 Å². The zero-order valence-electron chi connectivity index (χ0n) is 3.02.